The Bertz CT molecular complexity index is 823. The number of ether oxygens (including phenoxy) is 3. The molecule has 5 nitrogen and oxygen atoms in total. The van der Waals surface area contributed by atoms with Crippen molar-refractivity contribution in [1.29, 1.82) is 0 Å². The predicted molar refractivity (Wildman–Crippen MR) is 113 cm³/mol. The largest absolute Gasteiger partial charge is 0.508 e. The summed E-state index contributed by atoms with van der Waals surface area (Å²) in [5.74, 6) is -0.683. The normalized spacial score (nSPS) is 34.4. The van der Waals surface area contributed by atoms with Gasteiger partial charge in [-0.05, 0) is 57.4 Å². The summed E-state index contributed by atoms with van der Waals surface area (Å²) in [6.45, 7) is 11.7. The predicted octanol–water partition coefficient (Wildman–Crippen LogP) is 5.01. The minimum Gasteiger partial charge on any atom is -0.508 e. The fraction of sp³-hybridized carbons (Fsp3) is 0.542. The molecule has 0 aromatic heterocycles. The van der Waals surface area contributed by atoms with Crippen LogP contribution in [0.25, 0.3) is 6.08 Å². The molecule has 1 unspecified atom stereocenters. The molecule has 0 amide bonds. The number of rotatable bonds is 0. The number of cyclic esters (lactones) is 1. The average molecular weight is 401 g/mol. The molecular formula is C24H32O5. The van der Waals surface area contributed by atoms with Crippen molar-refractivity contribution in [3.8, 4) is 5.75 Å². The molecular weight excluding hydrogens is 368 g/mol. The van der Waals surface area contributed by atoms with Gasteiger partial charge in [0.05, 0.1) is 17.8 Å². The fourth-order valence-electron chi connectivity index (χ4n) is 3.98. The zero-order valence-electron chi connectivity index (χ0n) is 18.1. The maximum absolute atomic E-state index is 12.9. The number of benzene rings is 1. The summed E-state index contributed by atoms with van der Waals surface area (Å²) in [7, 11) is 0. The van der Waals surface area contributed by atoms with Crippen molar-refractivity contribution in [2.24, 2.45) is 11.8 Å². The summed E-state index contributed by atoms with van der Waals surface area (Å²) < 4.78 is 18.1. The van der Waals surface area contributed by atoms with E-state index in [2.05, 4.69) is 19.1 Å². The third-order valence-electron chi connectivity index (χ3n) is 5.71. The van der Waals surface area contributed by atoms with Gasteiger partial charge in [0, 0.05) is 11.8 Å². The highest BCUT2D eigenvalue weighted by atomic mass is 16.8. The first-order valence-corrected chi connectivity index (χ1v) is 10.3. The molecule has 5 heteroatoms. The van der Waals surface area contributed by atoms with Crippen LogP contribution in [0.15, 0.2) is 30.4 Å². The van der Waals surface area contributed by atoms with Gasteiger partial charge in [0.1, 0.15) is 11.9 Å². The maximum Gasteiger partial charge on any atom is 0.339 e. The Kier molecular flexibility index (Phi) is 6.20. The standard InChI is InChI=1S/C24H32O5/c1-14-10-11-15(2)22-20(28-24(5,6)29-22)9-7-8-18-13-19(25)12-16(3)21(18)23(26)27-17(14)4/h7-8,10-15,17,20,22,25H,9H2,1-6H3/b8-7+,11-10-/t14-,15?,17+,20+,22-/m1/s1. The van der Waals surface area contributed by atoms with Crippen molar-refractivity contribution >= 4 is 12.0 Å². The maximum atomic E-state index is 12.9. The van der Waals surface area contributed by atoms with Crippen LogP contribution in [0.4, 0.5) is 0 Å². The van der Waals surface area contributed by atoms with E-state index in [1.807, 2.05) is 39.8 Å². The summed E-state index contributed by atoms with van der Waals surface area (Å²) in [6.07, 6.45) is 8.24. The van der Waals surface area contributed by atoms with Crippen molar-refractivity contribution in [3.05, 3.63) is 47.1 Å². The molecule has 0 radical (unpaired) electrons. The van der Waals surface area contributed by atoms with Crippen LogP contribution in [0.1, 0.15) is 62.5 Å². The number of phenolic OH excluding ortho intramolecular Hbond substituents is 1. The minimum absolute atomic E-state index is 0.0505. The van der Waals surface area contributed by atoms with Crippen LogP contribution in [0.3, 0.4) is 0 Å². The van der Waals surface area contributed by atoms with Gasteiger partial charge in [0.2, 0.25) is 0 Å². The summed E-state index contributed by atoms with van der Waals surface area (Å²) in [6, 6.07) is 3.18. The first-order chi connectivity index (χ1) is 13.6. The van der Waals surface area contributed by atoms with E-state index in [1.165, 1.54) is 0 Å². The zero-order valence-corrected chi connectivity index (χ0v) is 18.1. The lowest BCUT2D eigenvalue weighted by Gasteiger charge is -2.23. The number of fused-ring (bicyclic) bond motifs is 2. The van der Waals surface area contributed by atoms with E-state index in [-0.39, 0.29) is 41.9 Å². The van der Waals surface area contributed by atoms with Gasteiger partial charge in [0.25, 0.3) is 0 Å². The Morgan fingerprint density at radius 1 is 1.07 bits per heavy atom. The van der Waals surface area contributed by atoms with E-state index in [4.69, 9.17) is 14.2 Å². The number of carbonyl (C=O) groups is 1. The number of hydrogen-bond donors (Lipinski definition) is 1. The van der Waals surface area contributed by atoms with Gasteiger partial charge in [-0.2, -0.15) is 0 Å². The zero-order chi connectivity index (χ0) is 21.3. The van der Waals surface area contributed by atoms with E-state index >= 15 is 0 Å². The van der Waals surface area contributed by atoms with Gasteiger partial charge in [0.15, 0.2) is 5.79 Å². The summed E-state index contributed by atoms with van der Waals surface area (Å²) in [5, 5.41) is 10.0. The molecule has 1 N–H and O–H groups in total. The van der Waals surface area contributed by atoms with E-state index < -0.39 is 5.79 Å². The van der Waals surface area contributed by atoms with Gasteiger partial charge in [-0.15, -0.1) is 0 Å². The molecule has 5 atom stereocenters. The molecule has 2 heterocycles. The van der Waals surface area contributed by atoms with Gasteiger partial charge >= 0.3 is 5.97 Å². The van der Waals surface area contributed by atoms with E-state index in [9.17, 15) is 9.90 Å². The second-order valence-electron chi connectivity index (χ2n) is 8.72. The quantitative estimate of drug-likeness (QED) is 0.490. The minimum atomic E-state index is -0.635. The second-order valence-corrected chi connectivity index (χ2v) is 8.72. The van der Waals surface area contributed by atoms with Crippen LogP contribution in [0.5, 0.6) is 5.75 Å². The third-order valence-corrected chi connectivity index (χ3v) is 5.71. The van der Waals surface area contributed by atoms with E-state index in [0.29, 0.717) is 23.1 Å². The van der Waals surface area contributed by atoms with Crippen molar-refractivity contribution < 1.29 is 24.1 Å². The number of esters is 1. The second kappa shape index (κ2) is 8.33. The third kappa shape index (κ3) is 4.90. The van der Waals surface area contributed by atoms with Gasteiger partial charge < -0.3 is 19.3 Å². The van der Waals surface area contributed by atoms with Crippen molar-refractivity contribution in [3.63, 3.8) is 0 Å². The SMILES string of the molecule is Cc1cc(O)cc2c1C(=O)O[C@@H](C)[C@H](C)/C=C\C(C)[C@H]1OC(C)(C)O[C@H]1C/C=C/2. The number of hydrogen-bond acceptors (Lipinski definition) is 5. The molecule has 0 saturated carbocycles. The van der Waals surface area contributed by atoms with Crippen LogP contribution in [0, 0.1) is 18.8 Å². The van der Waals surface area contributed by atoms with Crippen molar-refractivity contribution in [1.82, 2.24) is 0 Å². The van der Waals surface area contributed by atoms with E-state index in [0.717, 1.165) is 0 Å². The monoisotopic (exact) mass is 400 g/mol. The van der Waals surface area contributed by atoms with Gasteiger partial charge in [-0.3, -0.25) is 0 Å². The fourth-order valence-corrected chi connectivity index (χ4v) is 3.98. The molecule has 29 heavy (non-hydrogen) atoms. The lowest BCUT2D eigenvalue weighted by Crippen LogP contribution is -2.29. The Morgan fingerprint density at radius 3 is 2.48 bits per heavy atom. The molecule has 0 bridgehead atoms. The Morgan fingerprint density at radius 2 is 1.76 bits per heavy atom. The highest BCUT2D eigenvalue weighted by molar-refractivity contribution is 5.95. The number of carbonyl (C=O) groups excluding carboxylic acids is 1. The Labute approximate surface area is 173 Å². The van der Waals surface area contributed by atoms with Gasteiger partial charge in [-0.1, -0.05) is 38.2 Å². The van der Waals surface area contributed by atoms with E-state index in [1.54, 1.807) is 19.1 Å². The summed E-state index contributed by atoms with van der Waals surface area (Å²) in [5.41, 5.74) is 1.81. The molecule has 0 spiro atoms. The van der Waals surface area contributed by atoms with Crippen LogP contribution in [0.2, 0.25) is 0 Å². The molecule has 0 aliphatic carbocycles. The molecule has 1 aromatic carbocycles. The van der Waals surface area contributed by atoms with Gasteiger partial charge in [-0.25, -0.2) is 4.79 Å². The van der Waals surface area contributed by atoms with Crippen LogP contribution >= 0.6 is 0 Å². The smallest absolute Gasteiger partial charge is 0.339 e. The summed E-state index contributed by atoms with van der Waals surface area (Å²) >= 11 is 0. The van der Waals surface area contributed by atoms with Crippen LogP contribution in [-0.2, 0) is 14.2 Å². The number of aryl methyl sites for hydroxylation is 1. The number of aromatic hydroxyl groups is 1. The summed E-state index contributed by atoms with van der Waals surface area (Å²) in [4.78, 5) is 12.9. The number of phenols is 1. The molecule has 2 aliphatic heterocycles. The molecule has 1 saturated heterocycles. The molecule has 1 aromatic rings. The highest BCUT2D eigenvalue weighted by Gasteiger charge is 2.42. The molecule has 3 rings (SSSR count). The highest BCUT2D eigenvalue weighted by Crippen LogP contribution is 2.35. The average Bonchev–Trinajstić information content (AvgIpc) is 2.92. The van der Waals surface area contributed by atoms with Crippen LogP contribution in [-0.4, -0.2) is 35.2 Å². The van der Waals surface area contributed by atoms with Crippen molar-refractivity contribution in [2.45, 2.75) is 72.1 Å². The molecule has 1 fully saturated rings. The van der Waals surface area contributed by atoms with Crippen LogP contribution < -0.4 is 0 Å². The van der Waals surface area contributed by atoms with Crippen molar-refractivity contribution in [2.75, 3.05) is 0 Å². The lowest BCUT2D eigenvalue weighted by atomic mass is 9.94. The first kappa shape index (κ1) is 21.6. The molecule has 158 valence electrons. The Hall–Kier alpha value is -2.11. The molecule has 2 aliphatic rings. The lowest BCUT2D eigenvalue weighted by molar-refractivity contribution is -0.148. The Balaban J connectivity index is 2.02. The topological polar surface area (TPSA) is 65.0 Å². The first-order valence-electron chi connectivity index (χ1n) is 10.3.